The van der Waals surface area contributed by atoms with Crippen LogP contribution in [0.4, 0.5) is 10.1 Å². The Balaban J connectivity index is 1.67. The van der Waals surface area contributed by atoms with Crippen LogP contribution in [-0.2, 0) is 6.54 Å². The molecule has 0 atom stereocenters. The fourth-order valence-corrected chi connectivity index (χ4v) is 2.03. The molecule has 0 saturated carbocycles. The minimum absolute atomic E-state index is 0.284. The first-order valence-electron chi connectivity index (χ1n) is 6.69. The summed E-state index contributed by atoms with van der Waals surface area (Å²) >= 11 is 0. The standard InChI is InChI=1S/C16H13FN4O/c17-14-3-1-2-13(8-14)16(22)20-15-6-4-12(5-7-15)9-21-11-18-10-19-21/h1-8,10-11H,9H2,(H,20,22). The molecule has 0 bridgehead atoms. The van der Waals surface area contributed by atoms with Crippen molar-refractivity contribution in [2.45, 2.75) is 6.54 Å². The molecule has 1 heterocycles. The zero-order valence-corrected chi connectivity index (χ0v) is 11.6. The van der Waals surface area contributed by atoms with Crippen molar-refractivity contribution >= 4 is 11.6 Å². The van der Waals surface area contributed by atoms with Gasteiger partial charge in [0, 0.05) is 11.3 Å². The van der Waals surface area contributed by atoms with E-state index >= 15 is 0 Å². The number of anilines is 1. The van der Waals surface area contributed by atoms with Gasteiger partial charge in [-0.2, -0.15) is 5.10 Å². The van der Waals surface area contributed by atoms with Gasteiger partial charge in [0.15, 0.2) is 0 Å². The van der Waals surface area contributed by atoms with Crippen molar-refractivity contribution in [2.24, 2.45) is 0 Å². The van der Waals surface area contributed by atoms with Crippen LogP contribution in [0.15, 0.2) is 61.2 Å². The number of carbonyl (C=O) groups is 1. The number of amides is 1. The third kappa shape index (κ3) is 3.35. The average molecular weight is 296 g/mol. The highest BCUT2D eigenvalue weighted by molar-refractivity contribution is 6.04. The predicted molar refractivity (Wildman–Crippen MR) is 79.9 cm³/mol. The smallest absolute Gasteiger partial charge is 0.255 e. The molecule has 0 saturated heterocycles. The van der Waals surface area contributed by atoms with Gasteiger partial charge >= 0.3 is 0 Å². The summed E-state index contributed by atoms with van der Waals surface area (Å²) in [5.74, 6) is -0.778. The maximum absolute atomic E-state index is 13.1. The van der Waals surface area contributed by atoms with Crippen LogP contribution < -0.4 is 5.32 Å². The zero-order valence-electron chi connectivity index (χ0n) is 11.6. The highest BCUT2D eigenvalue weighted by atomic mass is 19.1. The zero-order chi connectivity index (χ0) is 15.4. The predicted octanol–water partition coefficient (Wildman–Crippen LogP) is 2.72. The van der Waals surface area contributed by atoms with Crippen LogP contribution >= 0.6 is 0 Å². The number of rotatable bonds is 4. The number of nitrogens with one attached hydrogen (secondary N) is 1. The van der Waals surface area contributed by atoms with Gasteiger partial charge in [-0.15, -0.1) is 0 Å². The maximum Gasteiger partial charge on any atom is 0.255 e. The summed E-state index contributed by atoms with van der Waals surface area (Å²) in [5.41, 5.74) is 1.97. The molecule has 1 aromatic heterocycles. The van der Waals surface area contributed by atoms with Gasteiger partial charge in [0.2, 0.25) is 0 Å². The van der Waals surface area contributed by atoms with Crippen LogP contribution in [0.1, 0.15) is 15.9 Å². The van der Waals surface area contributed by atoms with Crippen LogP contribution in [-0.4, -0.2) is 20.7 Å². The summed E-state index contributed by atoms with van der Waals surface area (Å²) in [7, 11) is 0. The molecule has 2 aromatic carbocycles. The summed E-state index contributed by atoms with van der Waals surface area (Å²) in [6.45, 7) is 0.609. The molecule has 110 valence electrons. The van der Waals surface area contributed by atoms with Gasteiger partial charge in [-0.25, -0.2) is 14.1 Å². The molecule has 5 nitrogen and oxygen atoms in total. The quantitative estimate of drug-likeness (QED) is 0.805. The molecule has 0 fully saturated rings. The van der Waals surface area contributed by atoms with Gasteiger partial charge < -0.3 is 5.32 Å². The number of benzene rings is 2. The van der Waals surface area contributed by atoms with Crippen LogP contribution in [0.3, 0.4) is 0 Å². The summed E-state index contributed by atoms with van der Waals surface area (Å²) in [4.78, 5) is 15.9. The highest BCUT2D eigenvalue weighted by Gasteiger charge is 2.07. The molecule has 0 spiro atoms. The molecule has 1 amide bonds. The van der Waals surface area contributed by atoms with Gasteiger partial charge in [0.25, 0.3) is 5.91 Å². The minimum Gasteiger partial charge on any atom is -0.322 e. The van der Waals surface area contributed by atoms with E-state index in [-0.39, 0.29) is 11.5 Å². The summed E-state index contributed by atoms with van der Waals surface area (Å²) < 4.78 is 14.8. The average Bonchev–Trinajstić information content (AvgIpc) is 3.02. The van der Waals surface area contributed by atoms with Gasteiger partial charge in [0.05, 0.1) is 6.54 Å². The molecule has 6 heteroatoms. The number of carbonyl (C=O) groups excluding carboxylic acids is 1. The van der Waals surface area contributed by atoms with Gasteiger partial charge in [0.1, 0.15) is 18.5 Å². The lowest BCUT2D eigenvalue weighted by molar-refractivity contribution is 0.102. The van der Waals surface area contributed by atoms with Gasteiger partial charge in [-0.05, 0) is 35.9 Å². The molecule has 0 unspecified atom stereocenters. The fourth-order valence-electron chi connectivity index (χ4n) is 2.03. The second-order valence-corrected chi connectivity index (χ2v) is 4.75. The van der Waals surface area contributed by atoms with Crippen LogP contribution in [0, 0.1) is 5.82 Å². The third-order valence-corrected chi connectivity index (χ3v) is 3.11. The van der Waals surface area contributed by atoms with Crippen molar-refractivity contribution in [1.82, 2.24) is 14.8 Å². The SMILES string of the molecule is O=C(Nc1ccc(Cn2cncn2)cc1)c1cccc(F)c1. The first-order chi connectivity index (χ1) is 10.7. The lowest BCUT2D eigenvalue weighted by atomic mass is 10.2. The van der Waals surface area contributed by atoms with E-state index in [2.05, 4.69) is 15.4 Å². The molecular formula is C16H13FN4O. The monoisotopic (exact) mass is 296 g/mol. The number of nitrogens with zero attached hydrogens (tertiary/aromatic N) is 3. The van der Waals surface area contributed by atoms with Crippen LogP contribution in [0.5, 0.6) is 0 Å². The Labute approximate surface area is 126 Å². The Kier molecular flexibility index (Phi) is 3.91. The van der Waals surface area contributed by atoms with Crippen LogP contribution in [0.2, 0.25) is 0 Å². The van der Waals surface area contributed by atoms with Crippen molar-refractivity contribution in [2.75, 3.05) is 5.32 Å². The topological polar surface area (TPSA) is 59.8 Å². The minimum atomic E-state index is -0.434. The summed E-state index contributed by atoms with van der Waals surface area (Å²) in [6.07, 6.45) is 3.12. The summed E-state index contributed by atoms with van der Waals surface area (Å²) in [6, 6.07) is 13.0. The highest BCUT2D eigenvalue weighted by Crippen LogP contribution is 2.12. The Bertz CT molecular complexity index is 769. The van der Waals surface area contributed by atoms with Gasteiger partial charge in [-0.1, -0.05) is 18.2 Å². The number of aromatic nitrogens is 3. The normalized spacial score (nSPS) is 10.4. The Morgan fingerprint density at radius 3 is 2.68 bits per heavy atom. The largest absolute Gasteiger partial charge is 0.322 e. The van der Waals surface area contributed by atoms with E-state index in [1.165, 1.54) is 24.5 Å². The van der Waals surface area contributed by atoms with E-state index in [0.717, 1.165) is 5.56 Å². The lowest BCUT2D eigenvalue weighted by Crippen LogP contribution is -2.12. The van der Waals surface area contributed by atoms with Crippen molar-refractivity contribution < 1.29 is 9.18 Å². The van der Waals surface area contributed by atoms with Crippen molar-refractivity contribution in [3.8, 4) is 0 Å². The molecule has 3 rings (SSSR count). The van der Waals surface area contributed by atoms with E-state index in [1.807, 2.05) is 12.1 Å². The second kappa shape index (κ2) is 6.17. The second-order valence-electron chi connectivity index (χ2n) is 4.75. The fraction of sp³-hybridized carbons (Fsp3) is 0.0625. The number of hydrogen-bond donors (Lipinski definition) is 1. The van der Waals surface area contributed by atoms with Crippen LogP contribution in [0.25, 0.3) is 0 Å². The van der Waals surface area contributed by atoms with Crippen molar-refractivity contribution in [3.63, 3.8) is 0 Å². The molecular weight excluding hydrogens is 283 g/mol. The van der Waals surface area contributed by atoms with E-state index in [0.29, 0.717) is 12.2 Å². The van der Waals surface area contributed by atoms with E-state index in [4.69, 9.17) is 0 Å². The molecule has 0 aliphatic carbocycles. The van der Waals surface area contributed by atoms with E-state index in [9.17, 15) is 9.18 Å². The molecule has 0 radical (unpaired) electrons. The Hall–Kier alpha value is -3.02. The first-order valence-corrected chi connectivity index (χ1v) is 6.69. The maximum atomic E-state index is 13.1. The van der Waals surface area contributed by atoms with Gasteiger partial charge in [-0.3, -0.25) is 4.79 Å². The Morgan fingerprint density at radius 2 is 2.00 bits per heavy atom. The Morgan fingerprint density at radius 1 is 1.18 bits per heavy atom. The van der Waals surface area contributed by atoms with E-state index < -0.39 is 5.82 Å². The lowest BCUT2D eigenvalue weighted by Gasteiger charge is -2.07. The molecule has 22 heavy (non-hydrogen) atoms. The molecule has 1 N–H and O–H groups in total. The van der Waals surface area contributed by atoms with Crippen molar-refractivity contribution in [3.05, 3.63) is 78.1 Å². The van der Waals surface area contributed by atoms with E-state index in [1.54, 1.807) is 29.2 Å². The van der Waals surface area contributed by atoms with Crippen molar-refractivity contribution in [1.29, 1.82) is 0 Å². The first kappa shape index (κ1) is 13.9. The number of halogens is 1. The summed E-state index contributed by atoms with van der Waals surface area (Å²) in [5, 5.41) is 6.76. The molecule has 3 aromatic rings. The molecule has 0 aliphatic heterocycles. The third-order valence-electron chi connectivity index (χ3n) is 3.11. The number of hydrogen-bond acceptors (Lipinski definition) is 3. The molecule has 0 aliphatic rings.